The molecule has 0 saturated carbocycles. The monoisotopic (exact) mass is 325 g/mol. The molecule has 114 valence electrons. The Labute approximate surface area is 137 Å². The van der Waals surface area contributed by atoms with E-state index in [1.54, 1.807) is 30.7 Å². The fraction of sp³-hybridized carbons (Fsp3) is 0.111. The van der Waals surface area contributed by atoms with E-state index < -0.39 is 0 Å². The third-order valence-corrected chi connectivity index (χ3v) is 3.99. The van der Waals surface area contributed by atoms with Gasteiger partial charge in [-0.3, -0.25) is 0 Å². The Morgan fingerprint density at radius 2 is 2.09 bits per heavy atom. The van der Waals surface area contributed by atoms with Crippen LogP contribution in [0.25, 0.3) is 11.3 Å². The third kappa shape index (κ3) is 3.55. The zero-order chi connectivity index (χ0) is 16.2. The van der Waals surface area contributed by atoms with Crippen LogP contribution in [0.1, 0.15) is 16.3 Å². The molecule has 3 nitrogen and oxygen atoms in total. The zero-order valence-corrected chi connectivity index (χ0v) is 13.5. The summed E-state index contributed by atoms with van der Waals surface area (Å²) in [5.74, 6) is 6.37. The highest BCUT2D eigenvalue weighted by Crippen LogP contribution is 2.27. The fourth-order valence-electron chi connectivity index (χ4n) is 2.12. The second kappa shape index (κ2) is 6.59. The van der Waals surface area contributed by atoms with Crippen LogP contribution in [-0.2, 0) is 0 Å². The number of aromatic nitrogens is 2. The molecule has 0 bridgehead atoms. The second-order valence-electron chi connectivity index (χ2n) is 4.84. The van der Waals surface area contributed by atoms with E-state index in [2.05, 4.69) is 21.8 Å². The molecule has 3 aromatic rings. The van der Waals surface area contributed by atoms with Crippen molar-refractivity contribution in [1.29, 1.82) is 0 Å². The van der Waals surface area contributed by atoms with E-state index in [0.29, 0.717) is 11.3 Å². The maximum absolute atomic E-state index is 13.5. The lowest BCUT2D eigenvalue weighted by atomic mass is 10.1. The van der Waals surface area contributed by atoms with Crippen molar-refractivity contribution >= 4 is 11.3 Å². The smallest absolute Gasteiger partial charge is 0.214 e. The van der Waals surface area contributed by atoms with Gasteiger partial charge in [0.05, 0.1) is 23.2 Å². The third-order valence-electron chi connectivity index (χ3n) is 3.22. The molecular formula is C18H14FN2OS+. The molecule has 2 heterocycles. The number of ether oxygens (including phenoxy) is 1. The van der Waals surface area contributed by atoms with Crippen LogP contribution >= 0.6 is 11.3 Å². The topological polar surface area (TPSA) is 36.3 Å². The van der Waals surface area contributed by atoms with Crippen molar-refractivity contribution in [2.45, 2.75) is 6.92 Å². The van der Waals surface area contributed by atoms with Gasteiger partial charge in [-0.15, -0.1) is 11.3 Å². The summed E-state index contributed by atoms with van der Waals surface area (Å²) in [7, 11) is 1.56. The summed E-state index contributed by atoms with van der Waals surface area (Å²) in [6, 6.07) is 8.15. The summed E-state index contributed by atoms with van der Waals surface area (Å²) < 4.78 is 18.7. The van der Waals surface area contributed by atoms with E-state index in [0.717, 1.165) is 22.0 Å². The number of benzene rings is 1. The summed E-state index contributed by atoms with van der Waals surface area (Å²) in [4.78, 5) is 7.43. The second-order valence-corrected chi connectivity index (χ2v) is 5.90. The molecule has 1 aromatic carbocycles. The van der Waals surface area contributed by atoms with Crippen LogP contribution in [0.2, 0.25) is 0 Å². The normalized spacial score (nSPS) is 10.0. The number of hydrogen-bond donors (Lipinski definition) is 0. The number of pyridine rings is 1. The Kier molecular flexibility index (Phi) is 4.35. The first-order chi connectivity index (χ1) is 11.2. The molecule has 0 radical (unpaired) electrons. The maximum Gasteiger partial charge on any atom is 0.214 e. The van der Waals surface area contributed by atoms with Crippen molar-refractivity contribution in [1.82, 2.24) is 4.98 Å². The van der Waals surface area contributed by atoms with Crippen LogP contribution in [0, 0.1) is 24.6 Å². The molecule has 0 spiro atoms. The van der Waals surface area contributed by atoms with Gasteiger partial charge in [0.15, 0.2) is 6.20 Å². The number of nitrogens with zero attached hydrogens (tertiary/aromatic N) is 1. The number of thiazole rings is 1. The Hall–Kier alpha value is -2.71. The number of H-pyrrole nitrogens is 1. The molecule has 0 fully saturated rings. The molecule has 1 N–H and O–H groups in total. The highest BCUT2D eigenvalue weighted by atomic mass is 32.1. The quantitative estimate of drug-likeness (QED) is 0.676. The van der Waals surface area contributed by atoms with Crippen LogP contribution in [0.15, 0.2) is 41.9 Å². The van der Waals surface area contributed by atoms with Crippen molar-refractivity contribution < 1.29 is 14.1 Å². The minimum atomic E-state index is -0.308. The zero-order valence-electron chi connectivity index (χ0n) is 12.7. The van der Waals surface area contributed by atoms with Gasteiger partial charge in [0.25, 0.3) is 0 Å². The lowest BCUT2D eigenvalue weighted by Crippen LogP contribution is -2.07. The van der Waals surface area contributed by atoms with Gasteiger partial charge in [0, 0.05) is 11.4 Å². The first-order valence-corrected chi connectivity index (χ1v) is 7.83. The van der Waals surface area contributed by atoms with Crippen molar-refractivity contribution in [2.75, 3.05) is 7.11 Å². The number of rotatable bonds is 2. The number of aryl methyl sites for hydroxylation is 1. The van der Waals surface area contributed by atoms with Crippen LogP contribution in [0.3, 0.4) is 0 Å². The highest BCUT2D eigenvalue weighted by Gasteiger charge is 2.12. The summed E-state index contributed by atoms with van der Waals surface area (Å²) in [5, 5.41) is 2.92. The van der Waals surface area contributed by atoms with Crippen molar-refractivity contribution in [3.63, 3.8) is 0 Å². The molecule has 0 aliphatic heterocycles. The summed E-state index contributed by atoms with van der Waals surface area (Å²) >= 11 is 1.57. The molecule has 0 saturated heterocycles. The number of halogens is 1. The van der Waals surface area contributed by atoms with Crippen molar-refractivity contribution in [3.8, 4) is 28.8 Å². The summed E-state index contributed by atoms with van der Waals surface area (Å²) in [6.07, 6.45) is 1.78. The number of hydrogen-bond acceptors (Lipinski definition) is 3. The van der Waals surface area contributed by atoms with E-state index in [4.69, 9.17) is 4.74 Å². The standard InChI is InChI=1S/C18H13FN2OS/c1-12-21-15(11-23-12)6-3-13-4-7-17(20-10-13)16-9-14(19)5-8-18(16)22-2/h4-5,7-11H,1-2H3/p+1. The molecule has 0 aliphatic carbocycles. The average Bonchev–Trinajstić information content (AvgIpc) is 2.99. The molecule has 0 atom stereocenters. The largest absolute Gasteiger partial charge is 0.496 e. The minimum Gasteiger partial charge on any atom is -0.496 e. The van der Waals surface area contributed by atoms with Gasteiger partial charge < -0.3 is 4.74 Å². The van der Waals surface area contributed by atoms with Gasteiger partial charge in [0.2, 0.25) is 5.69 Å². The van der Waals surface area contributed by atoms with Crippen molar-refractivity contribution in [3.05, 3.63) is 64.0 Å². The predicted molar refractivity (Wildman–Crippen MR) is 87.8 cm³/mol. The van der Waals surface area contributed by atoms with E-state index in [1.165, 1.54) is 12.1 Å². The van der Waals surface area contributed by atoms with Crippen LogP contribution in [-0.4, -0.2) is 12.1 Å². The van der Waals surface area contributed by atoms with Gasteiger partial charge in [-0.25, -0.2) is 14.4 Å². The molecule has 0 amide bonds. The molecule has 5 heteroatoms. The van der Waals surface area contributed by atoms with Gasteiger partial charge >= 0.3 is 0 Å². The molecule has 0 aliphatic rings. The van der Waals surface area contributed by atoms with Gasteiger partial charge in [-0.2, -0.15) is 0 Å². The van der Waals surface area contributed by atoms with E-state index in [-0.39, 0.29) is 5.82 Å². The molecule has 23 heavy (non-hydrogen) atoms. The Morgan fingerprint density at radius 3 is 2.74 bits per heavy atom. The maximum atomic E-state index is 13.5. The first kappa shape index (κ1) is 15.2. The number of nitrogens with one attached hydrogen (secondary N) is 1. The van der Waals surface area contributed by atoms with E-state index in [1.807, 2.05) is 24.4 Å². The molecule has 0 unspecified atom stereocenters. The van der Waals surface area contributed by atoms with E-state index in [9.17, 15) is 4.39 Å². The Morgan fingerprint density at radius 1 is 1.22 bits per heavy atom. The van der Waals surface area contributed by atoms with Gasteiger partial charge in [-0.1, -0.05) is 5.92 Å². The highest BCUT2D eigenvalue weighted by molar-refractivity contribution is 7.09. The molecule has 2 aromatic heterocycles. The van der Waals surface area contributed by atoms with E-state index >= 15 is 0 Å². The Bertz CT molecular complexity index is 891. The minimum absolute atomic E-state index is 0.308. The lowest BCUT2D eigenvalue weighted by molar-refractivity contribution is -0.364. The SMILES string of the molecule is COc1ccc(F)cc1-c1ccc(C#Cc2csc(C)n2)c[nH+]1. The Balaban J connectivity index is 1.88. The van der Waals surface area contributed by atoms with Crippen LogP contribution in [0.4, 0.5) is 4.39 Å². The average molecular weight is 325 g/mol. The summed E-state index contributed by atoms with van der Waals surface area (Å²) in [6.45, 7) is 1.95. The van der Waals surface area contributed by atoms with Crippen LogP contribution < -0.4 is 9.72 Å². The first-order valence-electron chi connectivity index (χ1n) is 6.95. The number of methoxy groups -OCH3 is 1. The van der Waals surface area contributed by atoms with Gasteiger partial charge in [0.1, 0.15) is 17.3 Å². The van der Waals surface area contributed by atoms with Crippen LogP contribution in [0.5, 0.6) is 5.75 Å². The van der Waals surface area contributed by atoms with Gasteiger partial charge in [-0.05, 0) is 37.1 Å². The predicted octanol–water partition coefficient (Wildman–Crippen LogP) is 3.48. The van der Waals surface area contributed by atoms with Crippen molar-refractivity contribution in [2.24, 2.45) is 0 Å². The number of aromatic amines is 1. The fourth-order valence-corrected chi connectivity index (χ4v) is 2.66. The lowest BCUT2D eigenvalue weighted by Gasteiger charge is -2.04. The summed E-state index contributed by atoms with van der Waals surface area (Å²) in [5.41, 5.74) is 3.02. The molecule has 3 rings (SSSR count). The molecular weight excluding hydrogens is 311 g/mol.